The molecule has 0 atom stereocenters. The first-order valence-corrected chi connectivity index (χ1v) is 16.4. The normalized spacial score (nSPS) is 26.2. The van der Waals surface area contributed by atoms with Crippen LogP contribution in [0.1, 0.15) is 77.9 Å². The van der Waals surface area contributed by atoms with E-state index in [1.807, 2.05) is 12.1 Å². The second-order valence-corrected chi connectivity index (χ2v) is 13.8. The predicted octanol–water partition coefficient (Wildman–Crippen LogP) is 7.40. The molecule has 2 heterocycles. The fraction of sp³-hybridized carbons (Fsp3) is 0.514. The van der Waals surface area contributed by atoms with E-state index in [0.717, 1.165) is 61.8 Å². The molecule has 11 heteroatoms. The number of anilines is 4. The third-order valence-electron chi connectivity index (χ3n) is 10.9. The minimum absolute atomic E-state index is 0.0558. The van der Waals surface area contributed by atoms with E-state index in [4.69, 9.17) is 10.5 Å². The van der Waals surface area contributed by atoms with E-state index in [0.29, 0.717) is 22.9 Å². The van der Waals surface area contributed by atoms with Gasteiger partial charge in [0, 0.05) is 12.2 Å². The van der Waals surface area contributed by atoms with Crippen LogP contribution in [0.5, 0.6) is 5.75 Å². The zero-order valence-corrected chi connectivity index (χ0v) is 26.2. The van der Waals surface area contributed by atoms with E-state index in [9.17, 15) is 18.0 Å². The Morgan fingerprint density at radius 3 is 2.33 bits per heavy atom. The zero-order valence-electron chi connectivity index (χ0n) is 26.2. The van der Waals surface area contributed by atoms with Gasteiger partial charge in [0.2, 0.25) is 5.95 Å². The number of primary amides is 1. The van der Waals surface area contributed by atoms with Crippen molar-refractivity contribution in [1.82, 2.24) is 14.9 Å². The molecule has 5 fully saturated rings. The third-order valence-corrected chi connectivity index (χ3v) is 10.9. The average Bonchev–Trinajstić information content (AvgIpc) is 3.01. The van der Waals surface area contributed by atoms with Crippen molar-refractivity contribution in [3.8, 4) is 5.75 Å². The summed E-state index contributed by atoms with van der Waals surface area (Å²) in [5, 5.41) is 5.74. The molecule has 1 saturated heterocycles. The number of methoxy groups -OCH3 is 1. The molecule has 4 aliphatic carbocycles. The average molecular weight is 635 g/mol. The second kappa shape index (κ2) is 12.1. The van der Waals surface area contributed by atoms with E-state index < -0.39 is 23.5 Å². The molecule has 1 aliphatic heterocycles. The van der Waals surface area contributed by atoms with Crippen LogP contribution in [0.15, 0.2) is 42.6 Å². The van der Waals surface area contributed by atoms with Gasteiger partial charge in [0.1, 0.15) is 17.1 Å². The number of benzene rings is 2. The Kier molecular flexibility index (Phi) is 8.07. The Labute approximate surface area is 267 Å². The number of para-hydroxylation sites is 1. The van der Waals surface area contributed by atoms with Crippen LogP contribution >= 0.6 is 0 Å². The summed E-state index contributed by atoms with van der Waals surface area (Å²) in [5.41, 5.74) is 6.91. The number of halogens is 3. The van der Waals surface area contributed by atoms with Crippen LogP contribution in [0, 0.1) is 30.6 Å². The molecule has 5 aliphatic rings. The monoisotopic (exact) mass is 634 g/mol. The minimum Gasteiger partial charge on any atom is -0.495 e. The van der Waals surface area contributed by atoms with Crippen LogP contribution in [0.3, 0.4) is 0 Å². The molecule has 0 radical (unpaired) electrons. The fourth-order valence-corrected chi connectivity index (χ4v) is 9.11. The van der Waals surface area contributed by atoms with Gasteiger partial charge in [-0.2, -0.15) is 18.2 Å². The van der Waals surface area contributed by atoms with Gasteiger partial charge in [0.15, 0.2) is 0 Å². The first-order chi connectivity index (χ1) is 22.1. The van der Waals surface area contributed by atoms with Crippen LogP contribution in [0.2, 0.25) is 0 Å². The zero-order chi connectivity index (χ0) is 32.2. The molecule has 2 aromatic carbocycles. The summed E-state index contributed by atoms with van der Waals surface area (Å²) in [6, 6.07) is 11.4. The number of nitrogens with one attached hydrogen (secondary N) is 2. The van der Waals surface area contributed by atoms with Gasteiger partial charge < -0.3 is 21.1 Å². The molecular weight excluding hydrogens is 593 g/mol. The number of amides is 1. The highest BCUT2D eigenvalue weighted by Crippen LogP contribution is 2.55. The van der Waals surface area contributed by atoms with Gasteiger partial charge in [0.05, 0.1) is 24.0 Å². The van der Waals surface area contributed by atoms with Gasteiger partial charge in [-0.15, -0.1) is 0 Å². The molecule has 1 amide bonds. The summed E-state index contributed by atoms with van der Waals surface area (Å²) in [7, 11) is 1.57. The molecule has 0 unspecified atom stereocenters. The largest absolute Gasteiger partial charge is 0.495 e. The summed E-state index contributed by atoms with van der Waals surface area (Å²) < 4.78 is 47.6. The number of piperidine rings is 1. The molecule has 4 bridgehead atoms. The SMILES string of the molecule is COc1cc(C2CCN(C3C4CC5CC(C4)CC3C5)CC2)ccc1Nc1ncc(C(F)(F)F)c(Nc2c(C)cccc2C(N)=O)n1. The maximum absolute atomic E-state index is 14.0. The third kappa shape index (κ3) is 5.89. The number of aromatic nitrogens is 2. The molecule has 244 valence electrons. The standard InChI is InChI=1S/C35H41F3N6O2/c1-19-4-3-5-26(32(39)45)30(19)42-33-27(35(36,37)38)18-40-34(43-33)41-28-7-6-23(17-29(28)46-2)22-8-10-44(11-9-22)31-24-13-20-12-21(15-24)16-25(31)14-20/h3-7,17-18,20-22,24-25,31H,8-16H2,1-2H3,(H2,39,45)(H2,40,41,42,43). The van der Waals surface area contributed by atoms with Gasteiger partial charge in [-0.1, -0.05) is 18.2 Å². The molecule has 4 saturated carbocycles. The van der Waals surface area contributed by atoms with Gasteiger partial charge >= 0.3 is 6.18 Å². The van der Waals surface area contributed by atoms with Gasteiger partial charge in [-0.3, -0.25) is 9.69 Å². The Morgan fingerprint density at radius 1 is 1.00 bits per heavy atom. The number of likely N-dealkylation sites (tertiary alicyclic amines) is 1. The van der Waals surface area contributed by atoms with E-state index in [-0.39, 0.29) is 17.2 Å². The Morgan fingerprint density at radius 2 is 1.70 bits per heavy atom. The molecule has 0 spiro atoms. The lowest BCUT2D eigenvalue weighted by atomic mass is 9.53. The van der Waals surface area contributed by atoms with Crippen molar-refractivity contribution in [3.05, 3.63) is 64.8 Å². The summed E-state index contributed by atoms with van der Waals surface area (Å²) >= 11 is 0. The van der Waals surface area contributed by atoms with E-state index >= 15 is 0 Å². The second-order valence-electron chi connectivity index (χ2n) is 13.8. The number of alkyl halides is 3. The molecule has 46 heavy (non-hydrogen) atoms. The van der Waals surface area contributed by atoms with Gasteiger partial charge in [-0.25, -0.2) is 4.98 Å². The number of nitrogens with zero attached hydrogens (tertiary/aromatic N) is 3. The lowest BCUT2D eigenvalue weighted by Crippen LogP contribution is -2.57. The molecular formula is C35H41F3N6O2. The quantitative estimate of drug-likeness (QED) is 0.237. The van der Waals surface area contributed by atoms with E-state index in [2.05, 4.69) is 31.6 Å². The number of carbonyl (C=O) groups is 1. The molecule has 4 N–H and O–H groups in total. The highest BCUT2D eigenvalue weighted by molar-refractivity contribution is 6.00. The van der Waals surface area contributed by atoms with E-state index in [1.165, 1.54) is 43.7 Å². The van der Waals surface area contributed by atoms with Crippen LogP contribution in [-0.2, 0) is 6.18 Å². The van der Waals surface area contributed by atoms with Crippen molar-refractivity contribution >= 4 is 29.0 Å². The van der Waals surface area contributed by atoms with Crippen LogP contribution in [-0.4, -0.2) is 47.0 Å². The number of hydrogen-bond donors (Lipinski definition) is 3. The fourth-order valence-electron chi connectivity index (χ4n) is 9.11. The number of nitrogens with two attached hydrogens (primary N) is 1. The smallest absolute Gasteiger partial charge is 0.421 e. The van der Waals surface area contributed by atoms with Crippen LogP contribution < -0.4 is 21.1 Å². The van der Waals surface area contributed by atoms with Crippen LogP contribution in [0.4, 0.5) is 36.3 Å². The predicted molar refractivity (Wildman–Crippen MR) is 171 cm³/mol. The van der Waals surface area contributed by atoms with Crippen molar-refractivity contribution in [2.45, 2.75) is 70.0 Å². The van der Waals surface area contributed by atoms with Crippen molar-refractivity contribution in [2.75, 3.05) is 30.8 Å². The number of aryl methyl sites for hydroxylation is 1. The van der Waals surface area contributed by atoms with Crippen molar-refractivity contribution in [1.29, 1.82) is 0 Å². The lowest BCUT2D eigenvalue weighted by Gasteiger charge is -2.58. The number of rotatable bonds is 8. The first-order valence-electron chi connectivity index (χ1n) is 16.4. The molecule has 1 aromatic heterocycles. The topological polar surface area (TPSA) is 105 Å². The number of ether oxygens (including phenoxy) is 1. The summed E-state index contributed by atoms with van der Waals surface area (Å²) in [6.45, 7) is 3.91. The van der Waals surface area contributed by atoms with Crippen LogP contribution in [0.25, 0.3) is 0 Å². The molecule has 3 aromatic rings. The summed E-state index contributed by atoms with van der Waals surface area (Å²) in [6.07, 6.45) is 5.40. The Balaban J connectivity index is 1.07. The van der Waals surface area contributed by atoms with Gasteiger partial charge in [0.25, 0.3) is 5.91 Å². The minimum atomic E-state index is -4.73. The van der Waals surface area contributed by atoms with E-state index in [1.54, 1.807) is 26.2 Å². The number of carbonyl (C=O) groups excluding carboxylic acids is 1. The summed E-state index contributed by atoms with van der Waals surface area (Å²) in [5.74, 6) is 3.41. The maximum atomic E-state index is 14.0. The highest BCUT2D eigenvalue weighted by atomic mass is 19.4. The van der Waals surface area contributed by atoms with Crippen molar-refractivity contribution < 1.29 is 22.7 Å². The molecule has 8 rings (SSSR count). The molecule has 8 nitrogen and oxygen atoms in total. The first kappa shape index (κ1) is 30.8. The van der Waals surface area contributed by atoms with Gasteiger partial charge in [-0.05, 0) is 124 Å². The summed E-state index contributed by atoms with van der Waals surface area (Å²) in [4.78, 5) is 22.9. The maximum Gasteiger partial charge on any atom is 0.421 e. The van der Waals surface area contributed by atoms with Crippen molar-refractivity contribution in [2.24, 2.45) is 29.4 Å². The lowest BCUT2D eigenvalue weighted by molar-refractivity contribution is -0.137. The Bertz CT molecular complexity index is 1590. The highest BCUT2D eigenvalue weighted by Gasteiger charge is 2.50. The Hall–Kier alpha value is -3.86. The van der Waals surface area contributed by atoms with Crippen molar-refractivity contribution in [3.63, 3.8) is 0 Å². The number of hydrogen-bond acceptors (Lipinski definition) is 7.